The Hall–Kier alpha value is -1.50. The van der Waals surface area contributed by atoms with Crippen molar-refractivity contribution in [1.29, 1.82) is 0 Å². The Morgan fingerprint density at radius 1 is 1.44 bits per heavy atom. The molecular weight excluding hydrogens is 252 g/mol. The minimum absolute atomic E-state index is 0.0422. The molecule has 1 aromatic heterocycles. The van der Waals surface area contributed by atoms with Gasteiger partial charge in [0.1, 0.15) is 5.82 Å². The first-order chi connectivity index (χ1) is 8.40. The molecule has 0 aliphatic rings. The number of carbonyl (C=O) groups is 1. The van der Waals surface area contributed by atoms with E-state index in [1.165, 1.54) is 4.90 Å². The fraction of sp³-hybridized carbons (Fsp3) is 0.545. The third kappa shape index (κ3) is 4.40. The zero-order chi connectivity index (χ0) is 13.7. The van der Waals surface area contributed by atoms with Crippen LogP contribution in [0, 0.1) is 0 Å². The molecule has 0 saturated carbocycles. The summed E-state index contributed by atoms with van der Waals surface area (Å²) in [6, 6.07) is 3.35. The van der Waals surface area contributed by atoms with Crippen LogP contribution < -0.4 is 5.32 Å². The van der Waals surface area contributed by atoms with Crippen LogP contribution in [0.25, 0.3) is 0 Å². The highest BCUT2D eigenvalue weighted by atomic mass is 32.2. The second kappa shape index (κ2) is 6.44. The van der Waals surface area contributed by atoms with Crippen molar-refractivity contribution in [2.75, 3.05) is 31.4 Å². The molecule has 1 rings (SSSR count). The van der Waals surface area contributed by atoms with Crippen molar-refractivity contribution >= 4 is 22.5 Å². The molecule has 18 heavy (non-hydrogen) atoms. The van der Waals surface area contributed by atoms with Crippen molar-refractivity contribution in [1.82, 2.24) is 15.1 Å². The number of anilines is 1. The Kier molecular flexibility index (Phi) is 5.21. The molecule has 0 aliphatic carbocycles. The van der Waals surface area contributed by atoms with Gasteiger partial charge in [0.15, 0.2) is 5.69 Å². The van der Waals surface area contributed by atoms with Crippen LogP contribution in [0.2, 0.25) is 0 Å². The predicted octanol–water partition coefficient (Wildman–Crippen LogP) is 0.357. The molecule has 1 N–H and O–H groups in total. The summed E-state index contributed by atoms with van der Waals surface area (Å²) in [6.45, 7) is 1.92. The largest absolute Gasteiger partial charge is 0.365 e. The van der Waals surface area contributed by atoms with Gasteiger partial charge >= 0.3 is 0 Å². The van der Waals surface area contributed by atoms with Crippen molar-refractivity contribution in [3.8, 4) is 0 Å². The lowest BCUT2D eigenvalue weighted by molar-refractivity contribution is 0.0821. The van der Waals surface area contributed by atoms with E-state index in [0.717, 1.165) is 0 Å². The van der Waals surface area contributed by atoms with Gasteiger partial charge in [-0.25, -0.2) is 0 Å². The second-order valence-electron chi connectivity index (χ2n) is 4.29. The average molecular weight is 270 g/mol. The third-order valence-corrected chi connectivity index (χ3v) is 3.14. The summed E-state index contributed by atoms with van der Waals surface area (Å²) in [7, 11) is 2.46. The minimum atomic E-state index is -0.859. The molecule has 7 heteroatoms. The van der Waals surface area contributed by atoms with Crippen LogP contribution in [-0.4, -0.2) is 57.4 Å². The van der Waals surface area contributed by atoms with E-state index in [1.54, 1.807) is 32.5 Å². The summed E-state index contributed by atoms with van der Waals surface area (Å²) in [4.78, 5) is 13.0. The molecule has 6 nitrogen and oxygen atoms in total. The van der Waals surface area contributed by atoms with Gasteiger partial charge in [0.2, 0.25) is 0 Å². The monoisotopic (exact) mass is 270 g/mol. The smallest absolute Gasteiger partial charge is 0.273 e. The molecule has 0 saturated heterocycles. The molecule has 100 valence electrons. The summed E-state index contributed by atoms with van der Waals surface area (Å²) >= 11 is 0. The minimum Gasteiger partial charge on any atom is -0.365 e. The molecule has 0 fully saturated rings. The molecule has 2 atom stereocenters. The molecular formula is C11H18N4O2S. The molecule has 1 heterocycles. The molecule has 0 spiro atoms. The molecule has 2 unspecified atom stereocenters. The van der Waals surface area contributed by atoms with E-state index in [2.05, 4.69) is 15.5 Å². The first-order valence-corrected chi connectivity index (χ1v) is 7.25. The van der Waals surface area contributed by atoms with E-state index in [1.807, 2.05) is 6.92 Å². The summed E-state index contributed by atoms with van der Waals surface area (Å²) in [6.07, 6.45) is 1.66. The van der Waals surface area contributed by atoms with Crippen LogP contribution in [0.5, 0.6) is 0 Å². The van der Waals surface area contributed by atoms with Gasteiger partial charge < -0.3 is 10.2 Å². The maximum atomic E-state index is 11.6. The number of nitrogens with one attached hydrogen (secondary N) is 1. The molecule has 0 radical (unpaired) electrons. The fourth-order valence-electron chi connectivity index (χ4n) is 1.40. The van der Waals surface area contributed by atoms with Gasteiger partial charge in [0.05, 0.1) is 0 Å². The number of hydrogen-bond donors (Lipinski definition) is 1. The Morgan fingerprint density at radius 3 is 2.56 bits per heavy atom. The van der Waals surface area contributed by atoms with Crippen LogP contribution in [0.1, 0.15) is 17.4 Å². The van der Waals surface area contributed by atoms with Crippen molar-refractivity contribution in [3.63, 3.8) is 0 Å². The third-order valence-electron chi connectivity index (χ3n) is 2.17. The van der Waals surface area contributed by atoms with Crippen molar-refractivity contribution in [3.05, 3.63) is 17.8 Å². The maximum Gasteiger partial charge on any atom is 0.273 e. The normalized spacial score (nSPS) is 13.8. The SMILES string of the molecule is CC(CS(C)=O)Nc1ccc(C(=O)N(C)C)nn1. The molecule has 0 aromatic carbocycles. The van der Waals surface area contributed by atoms with Gasteiger partial charge in [0, 0.05) is 42.9 Å². The lowest BCUT2D eigenvalue weighted by Gasteiger charge is -2.13. The quantitative estimate of drug-likeness (QED) is 0.836. The topological polar surface area (TPSA) is 75.2 Å². The molecule has 0 aliphatic heterocycles. The zero-order valence-corrected chi connectivity index (χ0v) is 11.8. The number of hydrogen-bond acceptors (Lipinski definition) is 5. The highest BCUT2D eigenvalue weighted by Gasteiger charge is 2.11. The van der Waals surface area contributed by atoms with Gasteiger partial charge in [-0.1, -0.05) is 0 Å². The number of amides is 1. The van der Waals surface area contributed by atoms with E-state index in [4.69, 9.17) is 0 Å². The van der Waals surface area contributed by atoms with Crippen LogP contribution in [0.4, 0.5) is 5.82 Å². The highest BCUT2D eigenvalue weighted by Crippen LogP contribution is 2.05. The van der Waals surface area contributed by atoms with E-state index in [-0.39, 0.29) is 11.9 Å². The molecule has 1 aromatic rings. The van der Waals surface area contributed by atoms with Crippen molar-refractivity contribution < 1.29 is 9.00 Å². The standard InChI is InChI=1S/C11H18N4O2S/c1-8(7-18(4)17)12-10-6-5-9(13-14-10)11(16)15(2)3/h5-6,8H,7H2,1-4H3,(H,12,14). The van der Waals surface area contributed by atoms with Crippen LogP contribution in [-0.2, 0) is 10.8 Å². The number of aromatic nitrogens is 2. The first kappa shape index (κ1) is 14.6. The number of rotatable bonds is 5. The first-order valence-electron chi connectivity index (χ1n) is 5.52. The zero-order valence-electron chi connectivity index (χ0n) is 11.0. The van der Waals surface area contributed by atoms with E-state index in [0.29, 0.717) is 17.3 Å². The van der Waals surface area contributed by atoms with Gasteiger partial charge in [-0.15, -0.1) is 10.2 Å². The van der Waals surface area contributed by atoms with Gasteiger partial charge in [0.25, 0.3) is 5.91 Å². The lowest BCUT2D eigenvalue weighted by Crippen LogP contribution is -2.25. The highest BCUT2D eigenvalue weighted by molar-refractivity contribution is 7.84. The van der Waals surface area contributed by atoms with Gasteiger partial charge in [-0.3, -0.25) is 9.00 Å². The van der Waals surface area contributed by atoms with Crippen LogP contribution >= 0.6 is 0 Å². The van der Waals surface area contributed by atoms with Crippen LogP contribution in [0.15, 0.2) is 12.1 Å². The Morgan fingerprint density at radius 2 is 2.11 bits per heavy atom. The Balaban J connectivity index is 2.66. The predicted molar refractivity (Wildman–Crippen MR) is 72.1 cm³/mol. The lowest BCUT2D eigenvalue weighted by atomic mass is 10.3. The maximum absolute atomic E-state index is 11.6. The summed E-state index contributed by atoms with van der Waals surface area (Å²) in [5.41, 5.74) is 0.303. The Bertz CT molecular complexity index is 433. The van der Waals surface area contributed by atoms with Crippen LogP contribution in [0.3, 0.4) is 0 Å². The van der Waals surface area contributed by atoms with E-state index >= 15 is 0 Å². The Labute approximate surface area is 109 Å². The summed E-state index contributed by atoms with van der Waals surface area (Å²) < 4.78 is 11.0. The molecule has 1 amide bonds. The van der Waals surface area contributed by atoms with Crippen molar-refractivity contribution in [2.45, 2.75) is 13.0 Å². The number of nitrogens with zero attached hydrogens (tertiary/aromatic N) is 3. The van der Waals surface area contributed by atoms with Gasteiger partial charge in [-0.2, -0.15) is 0 Å². The number of carbonyl (C=O) groups excluding carboxylic acids is 1. The summed E-state index contributed by atoms with van der Waals surface area (Å²) in [5, 5.41) is 10.9. The summed E-state index contributed by atoms with van der Waals surface area (Å²) in [5.74, 6) is 0.931. The van der Waals surface area contributed by atoms with E-state index < -0.39 is 10.8 Å². The van der Waals surface area contributed by atoms with Gasteiger partial charge in [-0.05, 0) is 19.1 Å². The molecule has 0 bridgehead atoms. The van der Waals surface area contributed by atoms with Crippen molar-refractivity contribution in [2.24, 2.45) is 0 Å². The fourth-order valence-corrected chi connectivity index (χ4v) is 2.19. The average Bonchev–Trinajstić information content (AvgIpc) is 2.27. The second-order valence-corrected chi connectivity index (χ2v) is 5.77. The van der Waals surface area contributed by atoms with E-state index in [9.17, 15) is 9.00 Å².